The normalized spacial score (nSPS) is 11.3. The summed E-state index contributed by atoms with van der Waals surface area (Å²) in [5, 5.41) is 45.5. The van der Waals surface area contributed by atoms with E-state index in [-0.39, 0.29) is 0 Å². The van der Waals surface area contributed by atoms with E-state index in [0.717, 1.165) is 122 Å². The zero-order valence-electron chi connectivity index (χ0n) is 75.8. The summed E-state index contributed by atoms with van der Waals surface area (Å²) in [6.45, 7) is 8.15. The Balaban J connectivity index is 0.000000144. The summed E-state index contributed by atoms with van der Waals surface area (Å²) in [5.74, 6) is 5.23. The van der Waals surface area contributed by atoms with E-state index >= 15 is 0 Å². The molecule has 0 atom stereocenters. The molecule has 0 radical (unpaired) electrons. The predicted molar refractivity (Wildman–Crippen MR) is 557 cm³/mol. The average molecular weight is 1820 g/mol. The number of ether oxygens (including phenoxy) is 1. The van der Waals surface area contributed by atoms with Crippen LogP contribution in [0.25, 0.3) is 136 Å². The quantitative estimate of drug-likeness (QED) is 0.0353. The van der Waals surface area contributed by atoms with Crippen LogP contribution in [0.3, 0.4) is 0 Å². The molecule has 0 N–H and O–H groups in total. The Morgan fingerprint density at radius 1 is 0.210 bits per heavy atom. The molecule has 0 unspecified atom stereocenters. The largest absolute Gasteiger partial charge is 0.456 e. The van der Waals surface area contributed by atoms with Crippen LogP contribution in [-0.4, -0.2) is 50.8 Å². The summed E-state index contributed by atoms with van der Waals surface area (Å²) in [4.78, 5) is 9.34. The van der Waals surface area contributed by atoms with E-state index in [1.54, 1.807) is 0 Å². The zero-order valence-corrected chi connectivity index (χ0v) is 77.6. The van der Waals surface area contributed by atoms with Crippen molar-refractivity contribution in [2.45, 2.75) is 33.1 Å². The molecule has 0 aliphatic heterocycles. The topological polar surface area (TPSA) is 191 Å². The highest BCUT2D eigenvalue weighted by atomic mass is 31.1. The van der Waals surface area contributed by atoms with Crippen LogP contribution in [0.4, 0.5) is 0 Å². The molecule has 6 aromatic heterocycles. The van der Waals surface area contributed by atoms with Gasteiger partial charge in [-0.25, -0.2) is 0 Å². The van der Waals surface area contributed by atoms with Crippen LogP contribution >= 0.6 is 15.8 Å². The van der Waals surface area contributed by atoms with Gasteiger partial charge in [-0.1, -0.05) is 350 Å². The van der Waals surface area contributed by atoms with E-state index in [1.165, 1.54) is 54.1 Å². The van der Waals surface area contributed by atoms with Crippen molar-refractivity contribution in [1.29, 1.82) is 0 Å². The number of hydrogen-bond acceptors (Lipinski definition) is 15. The molecular formula is C121H88N10O5P2. The third-order valence-corrected chi connectivity index (χ3v) is 29.3. The smallest absolute Gasteiger partial charge is 0.248 e. The molecule has 0 amide bonds. The number of benzene rings is 17. The van der Waals surface area contributed by atoms with Crippen molar-refractivity contribution in [2.75, 3.05) is 0 Å². The Labute approximate surface area is 801 Å². The first-order chi connectivity index (χ1) is 68.0. The number of hydrogen-bond donors (Lipinski definition) is 0. The molecule has 23 rings (SSSR count). The lowest BCUT2D eigenvalue weighted by Gasteiger charge is -2.37. The van der Waals surface area contributed by atoms with Crippen molar-refractivity contribution >= 4 is 69.5 Å². The van der Waals surface area contributed by atoms with E-state index < -0.39 is 21.3 Å². The summed E-state index contributed by atoms with van der Waals surface area (Å²) < 4.78 is 32.0. The molecule has 662 valence electrons. The van der Waals surface area contributed by atoms with Crippen LogP contribution in [0.5, 0.6) is 11.5 Å². The maximum Gasteiger partial charge on any atom is 0.248 e. The highest BCUT2D eigenvalue weighted by Crippen LogP contribution is 2.49. The first kappa shape index (κ1) is 87.4. The van der Waals surface area contributed by atoms with Crippen molar-refractivity contribution in [2.24, 2.45) is 0 Å². The van der Waals surface area contributed by atoms with Gasteiger partial charge in [0.1, 0.15) is 11.5 Å². The Hall–Kier alpha value is -17.2. The van der Waals surface area contributed by atoms with Crippen molar-refractivity contribution in [1.82, 2.24) is 50.8 Å². The van der Waals surface area contributed by atoms with Crippen LogP contribution in [0.15, 0.2) is 479 Å². The van der Waals surface area contributed by atoms with E-state index in [1.807, 2.05) is 198 Å². The molecule has 17 heteroatoms. The Kier molecular flexibility index (Phi) is 25.3. The molecule has 0 bridgehead atoms. The minimum Gasteiger partial charge on any atom is -0.456 e. The average Bonchev–Trinajstić information content (AvgIpc) is 0.819. The van der Waals surface area contributed by atoms with E-state index in [2.05, 4.69) is 342 Å². The standard InChI is InChI=1S/C61H44N8O4.C36H28OP2.C24H16N2/c1-37-9-5-13-45(33-37)57-66-62-53(70-57)41-17-25-49(26-18-41)61(50-27-19-42(20-28-50)54-63-67-58(71-54)46-14-6-10-38(2)34-46,51-29-21-43(22-30-51)55-64-68-59(72-55)47-15-7-11-39(3)35-47)52-31-23-44(24-32-52)56-65-69-60(73-56)48-16-8-12-40(4)36-48;1-5-17-29(18-6-1)38(30-19-7-2-8-20-30)35-27-15-13-25-33(35)37-34-26-14-16-28-36(34)39(31-21-9-3-10-22-31)32-23-11-4-12-24-32;1-3-7-17(8-4-1)19-13-15-25-23-21(19)11-12-22-20(14-16-26-24(22)23)18-9-5-2-6-10-18/h5-36H,1-4H3;1-28H;1-16H. The Bertz CT molecular complexity index is 7340. The lowest BCUT2D eigenvalue weighted by Crippen LogP contribution is -2.31. The number of aromatic nitrogens is 10. The first-order valence-electron chi connectivity index (χ1n) is 45.5. The number of fused-ring (bicyclic) bond motifs is 3. The maximum atomic E-state index is 6.92. The minimum absolute atomic E-state index is 0.408. The molecule has 0 aliphatic rings. The fourth-order valence-electron chi connectivity index (χ4n) is 17.7. The van der Waals surface area contributed by atoms with Gasteiger partial charge in [0.05, 0.1) is 16.4 Å². The van der Waals surface area contributed by atoms with Gasteiger partial charge in [-0.15, -0.1) is 40.8 Å². The first-order valence-corrected chi connectivity index (χ1v) is 48.2. The van der Waals surface area contributed by atoms with Gasteiger partial charge in [-0.05, 0) is 231 Å². The lowest BCUT2D eigenvalue weighted by atomic mass is 9.65. The van der Waals surface area contributed by atoms with Gasteiger partial charge < -0.3 is 22.4 Å². The maximum absolute atomic E-state index is 6.92. The number of aryl methyl sites for hydroxylation is 4. The fraction of sp³-hybridized carbons (Fsp3) is 0.0413. The van der Waals surface area contributed by atoms with E-state index in [4.69, 9.17) is 22.4 Å². The summed E-state index contributed by atoms with van der Waals surface area (Å²) in [7, 11) is -1.59. The molecule has 138 heavy (non-hydrogen) atoms. The van der Waals surface area contributed by atoms with Gasteiger partial charge in [0, 0.05) is 78.3 Å². The van der Waals surface area contributed by atoms with Gasteiger partial charge in [0.2, 0.25) is 47.1 Å². The van der Waals surface area contributed by atoms with Crippen LogP contribution in [-0.2, 0) is 5.41 Å². The SMILES string of the molecule is Cc1cccc(-c2nnc(-c3ccc(C(c4ccc(-c5nnc(-c6cccc(C)c6)o5)cc4)(c4ccc(-c5nnc(-c6cccc(C)c6)o5)cc4)c4ccc(-c5nnc(-c6cccc(C)c6)o5)cc4)cc3)o2)c1.c1ccc(-c2ccnc3c2ccc2c(-c4ccccc4)ccnc23)cc1.c1ccc(P(c2ccccc2)c2ccccc2Oc2ccccc2P(c2ccccc2)c2ccccc2)cc1. The summed E-state index contributed by atoms with van der Waals surface area (Å²) in [6.07, 6.45) is 3.75. The molecular weight excluding hydrogens is 1740 g/mol. The molecule has 6 heterocycles. The van der Waals surface area contributed by atoms with Gasteiger partial charge in [0.15, 0.2) is 0 Å². The number of pyridine rings is 2. The third kappa shape index (κ3) is 18.6. The monoisotopic (exact) mass is 1820 g/mol. The van der Waals surface area contributed by atoms with Crippen LogP contribution in [0.1, 0.15) is 44.5 Å². The molecule has 0 saturated carbocycles. The number of para-hydroxylation sites is 2. The number of nitrogens with zero attached hydrogens (tertiary/aromatic N) is 10. The second-order valence-corrected chi connectivity index (χ2v) is 37.9. The van der Waals surface area contributed by atoms with Crippen molar-refractivity contribution in [3.8, 4) is 125 Å². The van der Waals surface area contributed by atoms with Gasteiger partial charge >= 0.3 is 0 Å². The highest BCUT2D eigenvalue weighted by Gasteiger charge is 2.40. The van der Waals surface area contributed by atoms with E-state index in [0.29, 0.717) is 47.1 Å². The van der Waals surface area contributed by atoms with Gasteiger partial charge in [-0.2, -0.15) is 0 Å². The molecule has 17 aromatic carbocycles. The van der Waals surface area contributed by atoms with E-state index in [9.17, 15) is 0 Å². The second kappa shape index (κ2) is 39.9. The van der Waals surface area contributed by atoms with Crippen molar-refractivity contribution in [3.05, 3.63) is 506 Å². The Morgan fingerprint density at radius 2 is 0.442 bits per heavy atom. The molecule has 23 aromatic rings. The number of rotatable bonds is 22. The summed E-state index contributed by atoms with van der Waals surface area (Å²) >= 11 is 0. The minimum atomic E-state index is -0.944. The summed E-state index contributed by atoms with van der Waals surface area (Å²) in [6, 6.07) is 155. The molecule has 0 fully saturated rings. The van der Waals surface area contributed by atoms with Gasteiger partial charge in [-0.3, -0.25) is 9.97 Å². The third-order valence-electron chi connectivity index (χ3n) is 24.3. The molecule has 0 saturated heterocycles. The van der Waals surface area contributed by atoms with Gasteiger partial charge in [0.25, 0.3) is 0 Å². The molecule has 0 aliphatic carbocycles. The van der Waals surface area contributed by atoms with Crippen LogP contribution in [0.2, 0.25) is 0 Å². The second-order valence-electron chi connectivity index (χ2n) is 33.5. The lowest BCUT2D eigenvalue weighted by molar-refractivity contribution is 0.490. The molecule has 15 nitrogen and oxygen atoms in total. The fourth-order valence-corrected chi connectivity index (χ4v) is 22.4. The van der Waals surface area contributed by atoms with Crippen LogP contribution in [0, 0.1) is 27.7 Å². The Morgan fingerprint density at radius 3 is 0.703 bits per heavy atom. The molecule has 0 spiro atoms. The zero-order chi connectivity index (χ0) is 93.1. The highest BCUT2D eigenvalue weighted by molar-refractivity contribution is 7.80. The van der Waals surface area contributed by atoms with Crippen LogP contribution < -0.4 is 36.6 Å². The van der Waals surface area contributed by atoms with Crippen molar-refractivity contribution < 1.29 is 22.4 Å². The predicted octanol–water partition coefficient (Wildman–Crippen LogP) is 27.3. The van der Waals surface area contributed by atoms with Crippen molar-refractivity contribution in [3.63, 3.8) is 0 Å². The summed E-state index contributed by atoms with van der Waals surface area (Å²) in [5.41, 5.74) is 20.5.